The van der Waals surface area contributed by atoms with E-state index in [9.17, 15) is 29.4 Å². The first-order valence-electron chi connectivity index (χ1n) is 11.0. The van der Waals surface area contributed by atoms with E-state index in [1.54, 1.807) is 6.92 Å². The molecule has 0 radical (unpaired) electrons. The number of rotatable bonds is 2. The van der Waals surface area contributed by atoms with Gasteiger partial charge in [0.25, 0.3) is 11.8 Å². The molecular weight excluding hydrogens is 476 g/mol. The minimum Gasteiger partial charge on any atom is -0.390 e. The Morgan fingerprint density at radius 1 is 1.00 bits per heavy atom. The van der Waals surface area contributed by atoms with Crippen LogP contribution in [0.3, 0.4) is 0 Å². The van der Waals surface area contributed by atoms with E-state index in [1.165, 1.54) is 31.4 Å². The van der Waals surface area contributed by atoms with Crippen LogP contribution in [0.15, 0.2) is 0 Å². The van der Waals surface area contributed by atoms with Crippen molar-refractivity contribution < 1.29 is 34.1 Å². The summed E-state index contributed by atoms with van der Waals surface area (Å²) in [7, 11) is 2.58. The van der Waals surface area contributed by atoms with Crippen molar-refractivity contribution in [1.29, 1.82) is 0 Å². The zero-order valence-electron chi connectivity index (χ0n) is 17.1. The van der Waals surface area contributed by atoms with Gasteiger partial charge in [0.15, 0.2) is 15.5 Å². The van der Waals surface area contributed by atoms with Gasteiger partial charge in [0, 0.05) is 37.7 Å². The molecule has 9 nitrogen and oxygen atoms in total. The Kier molecular flexibility index (Phi) is 4.02. The third kappa shape index (κ3) is 2.02. The van der Waals surface area contributed by atoms with E-state index in [0.29, 0.717) is 6.61 Å². The minimum atomic E-state index is -1.30. The highest BCUT2D eigenvalue weighted by molar-refractivity contribution is 8.77. The first kappa shape index (κ1) is 20.6. The summed E-state index contributed by atoms with van der Waals surface area (Å²) >= 11 is 1.13. The van der Waals surface area contributed by atoms with E-state index < -0.39 is 57.2 Å². The Morgan fingerprint density at radius 3 is 2.41 bits per heavy atom. The first-order valence-corrected chi connectivity index (χ1v) is 14.1. The fraction of sp³-hybridized carbons (Fsp3) is 0.800. The number of fused-ring (bicyclic) bond motifs is 3. The van der Waals surface area contributed by atoms with Gasteiger partial charge in [0.2, 0.25) is 0 Å². The van der Waals surface area contributed by atoms with Crippen LogP contribution in [0.25, 0.3) is 0 Å². The summed E-state index contributed by atoms with van der Waals surface area (Å²) in [6.45, 7) is 2.09. The topological polar surface area (TPSA) is 124 Å². The van der Waals surface area contributed by atoms with E-state index in [1.807, 2.05) is 0 Å². The molecule has 2 N–H and O–H groups in total. The smallest absolute Gasteiger partial charge is 0.261 e. The molecule has 7 fully saturated rings. The minimum absolute atomic E-state index is 0.00699. The van der Waals surface area contributed by atoms with Crippen LogP contribution < -0.4 is 0 Å². The second kappa shape index (κ2) is 6.25. The van der Waals surface area contributed by atoms with Gasteiger partial charge in [0.1, 0.15) is 18.0 Å². The van der Waals surface area contributed by atoms with Crippen LogP contribution in [0.2, 0.25) is 0 Å². The van der Waals surface area contributed by atoms with E-state index in [0.717, 1.165) is 11.8 Å². The average molecular weight is 499 g/mol. The first-order chi connectivity index (χ1) is 15.3. The summed E-state index contributed by atoms with van der Waals surface area (Å²) in [5.41, 5.74) is 0. The normalized spacial score (nSPS) is 54.9. The molecule has 11 atom stereocenters. The molecule has 5 heterocycles. The third-order valence-corrected chi connectivity index (χ3v) is 13.6. The van der Waals surface area contributed by atoms with Crippen LogP contribution in [0.5, 0.6) is 0 Å². The monoisotopic (exact) mass is 498 g/mol. The molecule has 32 heavy (non-hydrogen) atoms. The Morgan fingerprint density at radius 2 is 1.66 bits per heavy atom. The van der Waals surface area contributed by atoms with E-state index in [-0.39, 0.29) is 47.9 Å². The predicted octanol–water partition coefficient (Wildman–Crippen LogP) is -0.612. The number of carbonyl (C=O) groups is 4. The zero-order valence-corrected chi connectivity index (χ0v) is 19.5. The molecule has 172 valence electrons. The maximum atomic E-state index is 14.3. The van der Waals surface area contributed by atoms with Gasteiger partial charge in [-0.25, -0.2) is 0 Å². The van der Waals surface area contributed by atoms with E-state index in [2.05, 4.69) is 0 Å². The van der Waals surface area contributed by atoms with Gasteiger partial charge < -0.3 is 24.7 Å². The third-order valence-electron chi connectivity index (χ3n) is 8.47. The molecule has 2 saturated carbocycles. The molecule has 2 aliphatic carbocycles. The van der Waals surface area contributed by atoms with Crippen molar-refractivity contribution in [3.8, 4) is 0 Å². The number of thioether (sulfide) groups is 1. The number of ether oxygens (including phenoxy) is 1. The number of piperazine rings is 1. The van der Waals surface area contributed by atoms with Crippen molar-refractivity contribution in [2.75, 3.05) is 6.61 Å². The quantitative estimate of drug-likeness (QED) is 0.477. The second-order valence-electron chi connectivity index (χ2n) is 9.75. The van der Waals surface area contributed by atoms with Crippen LogP contribution in [0.4, 0.5) is 0 Å². The summed E-state index contributed by atoms with van der Waals surface area (Å²) in [5, 5.41) is 21.2. The van der Waals surface area contributed by atoms with Gasteiger partial charge in [-0.05, 0) is 6.92 Å². The molecule has 0 aromatic carbocycles. The number of nitrogens with zero attached hydrogens (tertiary/aromatic N) is 2. The van der Waals surface area contributed by atoms with Crippen LogP contribution >= 0.6 is 33.3 Å². The maximum absolute atomic E-state index is 14.3. The zero-order chi connectivity index (χ0) is 22.3. The Hall–Kier alpha value is -0.790. The Labute approximate surface area is 195 Å². The lowest BCUT2D eigenvalue weighted by atomic mass is 9.78. The summed E-state index contributed by atoms with van der Waals surface area (Å²) in [6.07, 6.45) is -2.16. The van der Waals surface area contributed by atoms with Gasteiger partial charge in [-0.3, -0.25) is 19.2 Å². The highest BCUT2D eigenvalue weighted by atomic mass is 33.1. The fourth-order valence-corrected chi connectivity index (χ4v) is 12.7. The SMILES string of the molecule is CCO[C@@H]1[C@H](O)[C@@H]2[C@H]3C[C@@]4(S[C@H]1C3=O)C(=O)N1[C@@H]3[C@@H](O)[C@@H]5CC(=O)[C@@H]3C[C@@]1(SS5)C(=O)N24. The lowest BCUT2D eigenvalue weighted by Gasteiger charge is -2.53. The van der Waals surface area contributed by atoms with Gasteiger partial charge in [-0.2, -0.15) is 0 Å². The summed E-state index contributed by atoms with van der Waals surface area (Å²) in [6, 6.07) is -1.54. The van der Waals surface area contributed by atoms with Crippen molar-refractivity contribution in [2.45, 2.75) is 76.8 Å². The van der Waals surface area contributed by atoms with Gasteiger partial charge in [-0.1, -0.05) is 21.6 Å². The van der Waals surface area contributed by atoms with Crippen molar-refractivity contribution >= 4 is 56.7 Å². The number of hydrogen-bond acceptors (Lipinski definition) is 10. The Balaban J connectivity index is 1.41. The molecule has 7 aliphatic rings. The molecule has 0 unspecified atom stereocenters. The van der Waals surface area contributed by atoms with Crippen LogP contribution in [0, 0.1) is 11.8 Å². The van der Waals surface area contributed by atoms with Crippen molar-refractivity contribution in [3.05, 3.63) is 0 Å². The van der Waals surface area contributed by atoms with Crippen LogP contribution in [-0.4, -0.2) is 101 Å². The summed E-state index contributed by atoms with van der Waals surface area (Å²) in [5.74, 6) is -1.89. The number of carbonyl (C=O) groups excluding carboxylic acids is 4. The van der Waals surface area contributed by atoms with E-state index in [4.69, 9.17) is 4.74 Å². The molecule has 12 heteroatoms. The molecular formula is C20H22N2O7S3. The Bertz CT molecular complexity index is 994. The second-order valence-corrected chi connectivity index (χ2v) is 13.9. The summed E-state index contributed by atoms with van der Waals surface area (Å²) in [4.78, 5) is 55.0. The molecule has 0 aromatic heterocycles. The summed E-state index contributed by atoms with van der Waals surface area (Å²) < 4.78 is 5.74. The average Bonchev–Trinajstić information content (AvgIpc) is 3.21. The molecule has 5 aliphatic heterocycles. The highest BCUT2D eigenvalue weighted by Gasteiger charge is 2.81. The number of ketones is 2. The predicted molar refractivity (Wildman–Crippen MR) is 115 cm³/mol. The number of Topliss-reactive ketones (excluding diaryl/α,β-unsaturated/α-hetero) is 2. The number of hydrogen-bond donors (Lipinski definition) is 2. The lowest BCUT2D eigenvalue weighted by Crippen LogP contribution is -2.74. The number of amides is 2. The molecule has 0 aromatic rings. The lowest BCUT2D eigenvalue weighted by molar-refractivity contribution is -0.172. The van der Waals surface area contributed by atoms with Gasteiger partial charge in [-0.15, -0.1) is 11.8 Å². The van der Waals surface area contributed by atoms with E-state index >= 15 is 0 Å². The largest absolute Gasteiger partial charge is 0.390 e. The molecule has 5 saturated heterocycles. The molecule has 6 bridgehead atoms. The van der Waals surface area contributed by atoms with Crippen LogP contribution in [0.1, 0.15) is 26.2 Å². The maximum Gasteiger partial charge on any atom is 0.261 e. The van der Waals surface area contributed by atoms with Crippen molar-refractivity contribution in [3.63, 3.8) is 0 Å². The van der Waals surface area contributed by atoms with Gasteiger partial charge >= 0.3 is 0 Å². The molecule has 2 amide bonds. The van der Waals surface area contributed by atoms with Crippen LogP contribution in [-0.2, 0) is 23.9 Å². The van der Waals surface area contributed by atoms with Gasteiger partial charge in [0.05, 0.1) is 28.7 Å². The molecule has 1 spiro atoms. The number of aliphatic hydroxyl groups excluding tert-OH is 2. The molecule has 7 rings (SSSR count). The van der Waals surface area contributed by atoms with Crippen molar-refractivity contribution in [2.24, 2.45) is 11.8 Å². The highest BCUT2D eigenvalue weighted by Crippen LogP contribution is 2.68. The fourth-order valence-electron chi connectivity index (χ4n) is 7.23. The van der Waals surface area contributed by atoms with Crippen molar-refractivity contribution in [1.82, 2.24) is 9.80 Å². The number of aliphatic hydroxyl groups is 2. The standard InChI is InChI=1S/C20H22N2O7S3/c1-2-29-15-14(26)11-7-5-19(30-16(15)12(7)24)17(27)22-10-6-4-20(22,18(28)21(11)19)32-31-9(13(10)25)3-8(6)23/h6-7,9-11,13-16,25-26H,2-5H2,1H3/t6-,7+,9-,10-,11-,13-,14+,15+,16-,19+,20+/m0/s1.